The Hall–Kier alpha value is -1.53. The summed E-state index contributed by atoms with van der Waals surface area (Å²) >= 11 is 0. The second-order valence-corrected chi connectivity index (χ2v) is 3.06. The highest BCUT2D eigenvalue weighted by Gasteiger charge is 1.95. The van der Waals surface area contributed by atoms with Crippen molar-refractivity contribution < 1.29 is 0 Å². The Labute approximate surface area is 84.7 Å². The first-order valence-electron chi connectivity index (χ1n) is 4.60. The van der Waals surface area contributed by atoms with Crippen molar-refractivity contribution in [2.24, 2.45) is 0 Å². The molecule has 0 spiro atoms. The summed E-state index contributed by atoms with van der Waals surface area (Å²) in [4.78, 5) is 4.15. The fourth-order valence-electron chi connectivity index (χ4n) is 1.00. The van der Waals surface area contributed by atoms with E-state index in [1.807, 2.05) is 20.0 Å². The van der Waals surface area contributed by atoms with E-state index in [2.05, 4.69) is 22.1 Å². The average molecular weight is 189 g/mol. The van der Waals surface area contributed by atoms with Crippen LogP contribution in [0.25, 0.3) is 0 Å². The van der Waals surface area contributed by atoms with Crippen LogP contribution < -0.4 is 11.1 Å². The van der Waals surface area contributed by atoms with E-state index in [4.69, 9.17) is 5.73 Å². The summed E-state index contributed by atoms with van der Waals surface area (Å²) in [7, 11) is 1.91. The van der Waals surface area contributed by atoms with Gasteiger partial charge in [-0.15, -0.1) is 0 Å². The summed E-state index contributed by atoms with van der Waals surface area (Å²) in [5.74, 6) is 6.57. The topological polar surface area (TPSA) is 50.9 Å². The number of nitrogens with two attached hydrogens (primary N) is 1. The van der Waals surface area contributed by atoms with Gasteiger partial charge < -0.3 is 11.1 Å². The molecule has 0 bridgehead atoms. The van der Waals surface area contributed by atoms with Gasteiger partial charge in [0, 0.05) is 13.0 Å². The quantitative estimate of drug-likeness (QED) is 0.537. The molecule has 14 heavy (non-hydrogen) atoms. The molecule has 0 aliphatic rings. The van der Waals surface area contributed by atoms with Gasteiger partial charge in [0.2, 0.25) is 0 Å². The SMILES string of the molecule is CNCCC#Cc1nc(N)ccc1C. The zero-order chi connectivity index (χ0) is 10.4. The summed E-state index contributed by atoms with van der Waals surface area (Å²) in [6.45, 7) is 2.88. The van der Waals surface area contributed by atoms with Gasteiger partial charge in [-0.3, -0.25) is 0 Å². The van der Waals surface area contributed by atoms with Crippen molar-refractivity contribution in [3.63, 3.8) is 0 Å². The van der Waals surface area contributed by atoms with Crippen LogP contribution in [0.2, 0.25) is 0 Å². The first-order valence-corrected chi connectivity index (χ1v) is 4.60. The molecule has 0 unspecified atom stereocenters. The Kier molecular flexibility index (Phi) is 3.96. The van der Waals surface area contributed by atoms with Crippen molar-refractivity contribution in [2.45, 2.75) is 13.3 Å². The number of nitrogen functional groups attached to an aromatic ring is 1. The molecule has 3 heteroatoms. The molecule has 0 saturated carbocycles. The molecular formula is C11H15N3. The molecule has 0 fully saturated rings. The number of anilines is 1. The Morgan fingerprint density at radius 1 is 1.50 bits per heavy atom. The van der Waals surface area contributed by atoms with Crippen molar-refractivity contribution in [3.8, 4) is 11.8 Å². The van der Waals surface area contributed by atoms with Crippen molar-refractivity contribution in [2.75, 3.05) is 19.3 Å². The molecule has 1 aromatic heterocycles. The molecular weight excluding hydrogens is 174 g/mol. The molecule has 1 rings (SSSR count). The molecule has 0 aromatic carbocycles. The standard InChI is InChI=1S/C11H15N3/c1-9-6-7-11(12)14-10(9)5-3-4-8-13-2/h6-7,13H,4,8H2,1-2H3,(H2,12,14). The molecule has 3 N–H and O–H groups in total. The zero-order valence-corrected chi connectivity index (χ0v) is 8.59. The number of aromatic nitrogens is 1. The first-order chi connectivity index (χ1) is 6.74. The molecule has 0 saturated heterocycles. The lowest BCUT2D eigenvalue weighted by atomic mass is 10.2. The Morgan fingerprint density at radius 3 is 3.00 bits per heavy atom. The summed E-state index contributed by atoms with van der Waals surface area (Å²) in [5.41, 5.74) is 7.41. The van der Waals surface area contributed by atoms with Gasteiger partial charge in [0.05, 0.1) is 0 Å². The minimum Gasteiger partial charge on any atom is -0.384 e. The highest BCUT2D eigenvalue weighted by Crippen LogP contribution is 2.05. The first kappa shape index (κ1) is 10.6. The summed E-state index contributed by atoms with van der Waals surface area (Å²) in [6, 6.07) is 3.72. The molecule has 74 valence electrons. The van der Waals surface area contributed by atoms with Crippen LogP contribution >= 0.6 is 0 Å². The predicted octanol–water partition coefficient (Wildman–Crippen LogP) is 0.933. The van der Waals surface area contributed by atoms with Crippen molar-refractivity contribution in [1.82, 2.24) is 10.3 Å². The Morgan fingerprint density at radius 2 is 2.29 bits per heavy atom. The minimum atomic E-state index is 0.522. The smallest absolute Gasteiger partial charge is 0.124 e. The molecule has 0 atom stereocenters. The maximum absolute atomic E-state index is 5.57. The van der Waals surface area contributed by atoms with Crippen LogP contribution in [0.4, 0.5) is 5.82 Å². The van der Waals surface area contributed by atoms with Gasteiger partial charge in [0.25, 0.3) is 0 Å². The lowest BCUT2D eigenvalue weighted by Gasteiger charge is -1.97. The molecule has 1 aromatic rings. The fraction of sp³-hybridized carbons (Fsp3) is 0.364. The third kappa shape index (κ3) is 3.08. The Balaban J connectivity index is 2.73. The van der Waals surface area contributed by atoms with Crippen LogP contribution in [-0.2, 0) is 0 Å². The molecule has 0 radical (unpaired) electrons. The summed E-state index contributed by atoms with van der Waals surface area (Å²) < 4.78 is 0. The van der Waals surface area contributed by atoms with Gasteiger partial charge in [0.1, 0.15) is 11.5 Å². The molecule has 0 amide bonds. The number of aryl methyl sites for hydroxylation is 1. The normalized spacial score (nSPS) is 9.29. The summed E-state index contributed by atoms with van der Waals surface area (Å²) in [5, 5.41) is 3.03. The van der Waals surface area contributed by atoms with Gasteiger partial charge in [-0.1, -0.05) is 12.0 Å². The van der Waals surface area contributed by atoms with Gasteiger partial charge in [0.15, 0.2) is 0 Å². The minimum absolute atomic E-state index is 0.522. The second kappa shape index (κ2) is 5.25. The van der Waals surface area contributed by atoms with E-state index in [-0.39, 0.29) is 0 Å². The van der Waals surface area contributed by atoms with Crippen molar-refractivity contribution >= 4 is 5.82 Å². The lowest BCUT2D eigenvalue weighted by Crippen LogP contribution is -2.06. The zero-order valence-electron chi connectivity index (χ0n) is 8.59. The fourth-order valence-corrected chi connectivity index (χ4v) is 1.00. The highest BCUT2D eigenvalue weighted by molar-refractivity contribution is 5.41. The van der Waals surface area contributed by atoms with Crippen LogP contribution in [0.1, 0.15) is 17.7 Å². The van der Waals surface area contributed by atoms with Crippen molar-refractivity contribution in [3.05, 3.63) is 23.4 Å². The monoisotopic (exact) mass is 189 g/mol. The van der Waals surface area contributed by atoms with E-state index in [1.165, 1.54) is 0 Å². The van der Waals surface area contributed by atoms with E-state index < -0.39 is 0 Å². The van der Waals surface area contributed by atoms with Gasteiger partial charge >= 0.3 is 0 Å². The van der Waals surface area contributed by atoms with Crippen LogP contribution in [-0.4, -0.2) is 18.6 Å². The number of hydrogen-bond donors (Lipinski definition) is 2. The largest absolute Gasteiger partial charge is 0.384 e. The summed E-state index contributed by atoms with van der Waals surface area (Å²) in [6.07, 6.45) is 0.826. The van der Waals surface area contributed by atoms with Crippen LogP contribution in [0.5, 0.6) is 0 Å². The molecule has 3 nitrogen and oxygen atoms in total. The van der Waals surface area contributed by atoms with E-state index in [0.717, 1.165) is 24.2 Å². The van der Waals surface area contributed by atoms with Crippen LogP contribution in [0.3, 0.4) is 0 Å². The maximum Gasteiger partial charge on any atom is 0.124 e. The highest BCUT2D eigenvalue weighted by atomic mass is 14.8. The second-order valence-electron chi connectivity index (χ2n) is 3.06. The molecule has 1 heterocycles. The Bertz CT molecular complexity index is 361. The van der Waals surface area contributed by atoms with Crippen molar-refractivity contribution in [1.29, 1.82) is 0 Å². The van der Waals surface area contributed by atoms with Crippen LogP contribution in [0, 0.1) is 18.8 Å². The van der Waals surface area contributed by atoms with E-state index in [0.29, 0.717) is 5.82 Å². The maximum atomic E-state index is 5.57. The molecule has 0 aliphatic carbocycles. The number of pyridine rings is 1. The van der Waals surface area contributed by atoms with Gasteiger partial charge in [-0.05, 0) is 31.5 Å². The van der Waals surface area contributed by atoms with E-state index in [9.17, 15) is 0 Å². The van der Waals surface area contributed by atoms with Gasteiger partial charge in [-0.25, -0.2) is 4.98 Å². The van der Waals surface area contributed by atoms with Crippen LogP contribution in [0.15, 0.2) is 12.1 Å². The van der Waals surface area contributed by atoms with Gasteiger partial charge in [-0.2, -0.15) is 0 Å². The van der Waals surface area contributed by atoms with E-state index >= 15 is 0 Å². The number of rotatable bonds is 2. The third-order valence-corrected chi connectivity index (χ3v) is 1.83. The third-order valence-electron chi connectivity index (χ3n) is 1.83. The lowest BCUT2D eigenvalue weighted by molar-refractivity contribution is 0.818. The predicted molar refractivity (Wildman–Crippen MR) is 58.8 cm³/mol. The number of nitrogens with one attached hydrogen (secondary N) is 1. The molecule has 0 aliphatic heterocycles. The average Bonchev–Trinajstić information content (AvgIpc) is 2.18. The number of hydrogen-bond acceptors (Lipinski definition) is 3. The van der Waals surface area contributed by atoms with E-state index in [1.54, 1.807) is 6.07 Å². The number of nitrogens with zero attached hydrogens (tertiary/aromatic N) is 1.